The Balaban J connectivity index is 2.26. The summed E-state index contributed by atoms with van der Waals surface area (Å²) < 4.78 is 0.838. The van der Waals surface area contributed by atoms with Crippen LogP contribution in [0, 0.1) is 0 Å². The summed E-state index contributed by atoms with van der Waals surface area (Å²) in [7, 11) is 0. The molecule has 3 heteroatoms. The summed E-state index contributed by atoms with van der Waals surface area (Å²) in [4.78, 5) is 0. The minimum atomic E-state index is -0.557. The third-order valence-electron chi connectivity index (χ3n) is 3.20. The minimum Gasteiger partial charge on any atom is -0.384 e. The summed E-state index contributed by atoms with van der Waals surface area (Å²) in [6.07, 6.45) is 7.30. The van der Waals surface area contributed by atoms with Crippen LogP contribution in [-0.2, 0) is 0 Å². The zero-order valence-corrected chi connectivity index (χ0v) is 12.0. The predicted octanol–water partition coefficient (Wildman–Crippen LogP) is 5.03. The molecule has 0 spiro atoms. The Morgan fingerprint density at radius 1 is 1.24 bits per heavy atom. The first-order chi connectivity index (χ1) is 8.20. The van der Waals surface area contributed by atoms with Crippen molar-refractivity contribution in [3.8, 4) is 0 Å². The van der Waals surface area contributed by atoms with Crippen LogP contribution in [0.4, 0.5) is 0 Å². The van der Waals surface area contributed by atoms with Gasteiger partial charge in [-0.2, -0.15) is 0 Å². The molecule has 0 fully saturated rings. The van der Waals surface area contributed by atoms with E-state index in [0.29, 0.717) is 5.02 Å². The van der Waals surface area contributed by atoms with Crippen LogP contribution >= 0.6 is 27.5 Å². The highest BCUT2D eigenvalue weighted by Crippen LogP contribution is 2.35. The number of halogens is 2. The number of hydrogen-bond donors (Lipinski definition) is 1. The summed E-state index contributed by atoms with van der Waals surface area (Å²) in [5, 5.41) is 11.0. The third-order valence-corrected chi connectivity index (χ3v) is 4.51. The lowest BCUT2D eigenvalue weighted by Gasteiger charge is -2.16. The Kier molecular flexibility index (Phi) is 4.66. The molecule has 17 heavy (non-hydrogen) atoms. The third kappa shape index (κ3) is 3.12. The molecule has 0 saturated heterocycles. The quantitative estimate of drug-likeness (QED) is 0.759. The molecule has 1 aromatic rings. The SMILES string of the molecule is OC(C1=CCCCCC1)c1cccc(Br)c1Cl. The summed E-state index contributed by atoms with van der Waals surface area (Å²) in [6, 6.07) is 5.69. The summed E-state index contributed by atoms with van der Waals surface area (Å²) in [5.74, 6) is 0. The fraction of sp³-hybridized carbons (Fsp3) is 0.429. The molecule has 1 unspecified atom stereocenters. The van der Waals surface area contributed by atoms with E-state index in [1.54, 1.807) is 0 Å². The average Bonchev–Trinajstić information content (AvgIpc) is 2.60. The van der Waals surface area contributed by atoms with Crippen LogP contribution in [0.15, 0.2) is 34.3 Å². The summed E-state index contributed by atoms with van der Waals surface area (Å²) >= 11 is 9.61. The lowest BCUT2D eigenvalue weighted by molar-refractivity contribution is 0.210. The fourth-order valence-electron chi connectivity index (χ4n) is 2.22. The smallest absolute Gasteiger partial charge is 0.102 e. The van der Waals surface area contributed by atoms with Crippen molar-refractivity contribution in [1.82, 2.24) is 0 Å². The van der Waals surface area contributed by atoms with Gasteiger partial charge < -0.3 is 5.11 Å². The van der Waals surface area contributed by atoms with Crippen LogP contribution < -0.4 is 0 Å². The van der Waals surface area contributed by atoms with Crippen molar-refractivity contribution in [3.05, 3.63) is 44.9 Å². The van der Waals surface area contributed by atoms with Crippen LogP contribution in [0.3, 0.4) is 0 Å². The average molecular weight is 316 g/mol. The fourth-order valence-corrected chi connectivity index (χ4v) is 2.83. The van der Waals surface area contributed by atoms with Gasteiger partial charge in [0.15, 0.2) is 0 Å². The van der Waals surface area contributed by atoms with Crippen LogP contribution in [0.2, 0.25) is 5.02 Å². The van der Waals surface area contributed by atoms with E-state index in [0.717, 1.165) is 34.9 Å². The largest absolute Gasteiger partial charge is 0.384 e. The second-order valence-electron chi connectivity index (χ2n) is 4.42. The monoisotopic (exact) mass is 314 g/mol. The van der Waals surface area contributed by atoms with E-state index in [4.69, 9.17) is 11.6 Å². The second-order valence-corrected chi connectivity index (χ2v) is 5.66. The van der Waals surface area contributed by atoms with Crippen molar-refractivity contribution in [2.24, 2.45) is 0 Å². The van der Waals surface area contributed by atoms with Crippen molar-refractivity contribution >= 4 is 27.5 Å². The molecule has 0 heterocycles. The van der Waals surface area contributed by atoms with Crippen molar-refractivity contribution < 1.29 is 5.11 Å². The molecule has 1 nitrogen and oxygen atoms in total. The highest BCUT2D eigenvalue weighted by Gasteiger charge is 2.18. The highest BCUT2D eigenvalue weighted by atomic mass is 79.9. The van der Waals surface area contributed by atoms with Crippen molar-refractivity contribution in [3.63, 3.8) is 0 Å². The molecule has 1 aliphatic carbocycles. The highest BCUT2D eigenvalue weighted by molar-refractivity contribution is 9.10. The predicted molar refractivity (Wildman–Crippen MR) is 75.3 cm³/mol. The molecule has 0 radical (unpaired) electrons. The first-order valence-electron chi connectivity index (χ1n) is 6.01. The Hall–Kier alpha value is -0.310. The maximum atomic E-state index is 10.4. The Labute approximate surface area is 116 Å². The topological polar surface area (TPSA) is 20.2 Å². The maximum Gasteiger partial charge on any atom is 0.102 e. The second kappa shape index (κ2) is 6.03. The van der Waals surface area contributed by atoms with Gasteiger partial charge in [0.1, 0.15) is 6.10 Å². The van der Waals surface area contributed by atoms with E-state index in [-0.39, 0.29) is 0 Å². The summed E-state index contributed by atoms with van der Waals surface area (Å²) in [6.45, 7) is 0. The number of allylic oxidation sites excluding steroid dienone is 1. The molecule has 1 atom stereocenters. The molecule has 1 N–H and O–H groups in total. The molecule has 1 aromatic carbocycles. The van der Waals surface area contributed by atoms with Gasteiger partial charge in [-0.3, -0.25) is 0 Å². The van der Waals surface area contributed by atoms with Gasteiger partial charge in [-0.1, -0.05) is 36.2 Å². The molecule has 0 saturated carbocycles. The first-order valence-corrected chi connectivity index (χ1v) is 7.18. The van der Waals surface area contributed by atoms with Gasteiger partial charge in [-0.25, -0.2) is 0 Å². The van der Waals surface area contributed by atoms with Crippen LogP contribution in [-0.4, -0.2) is 5.11 Å². The maximum absolute atomic E-state index is 10.4. The van der Waals surface area contributed by atoms with Crippen LogP contribution in [0.1, 0.15) is 43.8 Å². The number of hydrogen-bond acceptors (Lipinski definition) is 1. The van der Waals surface area contributed by atoms with E-state index in [2.05, 4.69) is 22.0 Å². The first kappa shape index (κ1) is 13.1. The van der Waals surface area contributed by atoms with Crippen molar-refractivity contribution in [1.29, 1.82) is 0 Å². The molecule has 2 rings (SSSR count). The Morgan fingerprint density at radius 2 is 2.06 bits per heavy atom. The van der Waals surface area contributed by atoms with Crippen LogP contribution in [0.25, 0.3) is 0 Å². The lowest BCUT2D eigenvalue weighted by atomic mass is 9.98. The molecular weight excluding hydrogens is 300 g/mol. The molecule has 1 aliphatic rings. The standard InChI is InChI=1S/C14H16BrClO/c15-12-9-5-8-11(13(12)16)14(17)10-6-3-1-2-4-7-10/h5-6,8-9,14,17H,1-4,7H2. The molecule has 0 aromatic heterocycles. The van der Waals surface area contributed by atoms with Gasteiger partial charge in [0, 0.05) is 10.0 Å². The number of benzene rings is 1. The Morgan fingerprint density at radius 3 is 2.88 bits per heavy atom. The zero-order chi connectivity index (χ0) is 12.3. The van der Waals surface area contributed by atoms with E-state index in [1.807, 2.05) is 18.2 Å². The van der Waals surface area contributed by atoms with E-state index >= 15 is 0 Å². The minimum absolute atomic E-state index is 0.557. The van der Waals surface area contributed by atoms with Crippen molar-refractivity contribution in [2.45, 2.75) is 38.2 Å². The van der Waals surface area contributed by atoms with Crippen molar-refractivity contribution in [2.75, 3.05) is 0 Å². The Bertz CT molecular complexity index is 428. The molecule has 0 bridgehead atoms. The molecule has 92 valence electrons. The molecular formula is C14H16BrClO. The van der Waals surface area contributed by atoms with Gasteiger partial charge in [0.2, 0.25) is 0 Å². The summed E-state index contributed by atoms with van der Waals surface area (Å²) in [5.41, 5.74) is 1.91. The molecule has 0 aliphatic heterocycles. The zero-order valence-electron chi connectivity index (χ0n) is 9.63. The molecule has 0 amide bonds. The van der Waals surface area contributed by atoms with E-state index < -0.39 is 6.10 Å². The van der Waals surface area contributed by atoms with Gasteiger partial charge >= 0.3 is 0 Å². The van der Waals surface area contributed by atoms with Crippen LogP contribution in [0.5, 0.6) is 0 Å². The number of aliphatic hydroxyl groups excluding tert-OH is 1. The number of rotatable bonds is 2. The normalized spacial score (nSPS) is 18.4. The van der Waals surface area contributed by atoms with Gasteiger partial charge in [-0.15, -0.1) is 0 Å². The number of aliphatic hydroxyl groups is 1. The van der Waals surface area contributed by atoms with E-state index in [1.165, 1.54) is 12.8 Å². The van der Waals surface area contributed by atoms with Gasteiger partial charge in [-0.05, 0) is 53.3 Å². The van der Waals surface area contributed by atoms with Gasteiger partial charge in [0.05, 0.1) is 5.02 Å². The van der Waals surface area contributed by atoms with E-state index in [9.17, 15) is 5.11 Å². The van der Waals surface area contributed by atoms with Gasteiger partial charge in [0.25, 0.3) is 0 Å². The lowest BCUT2D eigenvalue weighted by Crippen LogP contribution is -2.02.